The van der Waals surface area contributed by atoms with Gasteiger partial charge in [0.25, 0.3) is 0 Å². The molecule has 0 aliphatic heterocycles. The van der Waals surface area contributed by atoms with Gasteiger partial charge in [-0.1, -0.05) is 39.7 Å². The number of fused-ring (bicyclic) bond motifs is 2. The molecule has 1 aromatic rings. The molecule has 0 aromatic heterocycles. The normalized spacial score (nSPS) is 33.4. The molecule has 2 aliphatic carbocycles. The van der Waals surface area contributed by atoms with Crippen LogP contribution in [0.2, 0.25) is 0 Å². The zero-order valence-corrected chi connectivity index (χ0v) is 10.1. The van der Waals surface area contributed by atoms with Gasteiger partial charge in [-0.05, 0) is 48.6 Å². The molecule has 1 saturated carbocycles. The van der Waals surface area contributed by atoms with Crippen LogP contribution in [0, 0.1) is 12.8 Å². The largest absolute Gasteiger partial charge is 0.0925 e. The van der Waals surface area contributed by atoms with Gasteiger partial charge >= 0.3 is 0 Å². The highest BCUT2D eigenvalue weighted by Crippen LogP contribution is 2.61. The summed E-state index contributed by atoms with van der Waals surface area (Å²) in [6, 6.07) is 7.01. The molecule has 0 bridgehead atoms. The molecule has 1 aromatic carbocycles. The highest BCUT2D eigenvalue weighted by molar-refractivity contribution is 9.09. The van der Waals surface area contributed by atoms with E-state index in [1.807, 2.05) is 0 Å². The fourth-order valence-corrected chi connectivity index (χ4v) is 3.93. The van der Waals surface area contributed by atoms with Gasteiger partial charge in [0.1, 0.15) is 0 Å². The van der Waals surface area contributed by atoms with Crippen molar-refractivity contribution in [2.24, 2.45) is 5.92 Å². The average molecular weight is 251 g/mol. The molecule has 14 heavy (non-hydrogen) atoms. The van der Waals surface area contributed by atoms with Crippen molar-refractivity contribution >= 4 is 15.9 Å². The number of alkyl halides is 1. The highest BCUT2D eigenvalue weighted by Gasteiger charge is 2.56. The highest BCUT2D eigenvalue weighted by atomic mass is 79.9. The first-order valence-corrected chi connectivity index (χ1v) is 6.54. The van der Waals surface area contributed by atoms with Gasteiger partial charge in [-0.3, -0.25) is 0 Å². The lowest BCUT2D eigenvalue weighted by molar-refractivity contribution is 0.628. The van der Waals surface area contributed by atoms with Crippen LogP contribution >= 0.6 is 15.9 Å². The van der Waals surface area contributed by atoms with Crippen LogP contribution in [-0.2, 0) is 11.8 Å². The molecule has 1 heteroatoms. The van der Waals surface area contributed by atoms with Crippen LogP contribution in [0.5, 0.6) is 0 Å². The third-order valence-electron chi connectivity index (χ3n) is 4.06. The number of rotatable bonds is 1. The molecule has 0 nitrogen and oxygen atoms in total. The average Bonchev–Trinajstić information content (AvgIpc) is 2.80. The van der Waals surface area contributed by atoms with Crippen molar-refractivity contribution in [3.8, 4) is 0 Å². The summed E-state index contributed by atoms with van der Waals surface area (Å²) in [7, 11) is 0. The fraction of sp³-hybridized carbons (Fsp3) is 0.538. The SMILES string of the molecule is Cc1ccc2c(c1)C1(CC2)CC1CBr. The Hall–Kier alpha value is -0.300. The number of halogens is 1. The zero-order valence-electron chi connectivity index (χ0n) is 8.52. The summed E-state index contributed by atoms with van der Waals surface area (Å²) < 4.78 is 0. The molecule has 74 valence electrons. The first kappa shape index (κ1) is 8.96. The van der Waals surface area contributed by atoms with Crippen molar-refractivity contribution in [1.29, 1.82) is 0 Å². The predicted octanol–water partition coefficient (Wildman–Crippen LogP) is 3.59. The van der Waals surface area contributed by atoms with Gasteiger partial charge in [0.15, 0.2) is 0 Å². The number of hydrogen-bond acceptors (Lipinski definition) is 0. The molecule has 1 fully saturated rings. The van der Waals surface area contributed by atoms with Crippen molar-refractivity contribution in [3.05, 3.63) is 34.9 Å². The Morgan fingerprint density at radius 2 is 2.36 bits per heavy atom. The molecule has 3 rings (SSSR count). The second kappa shape index (κ2) is 2.85. The first-order chi connectivity index (χ1) is 6.76. The molecule has 2 unspecified atom stereocenters. The Morgan fingerprint density at radius 3 is 3.07 bits per heavy atom. The van der Waals surface area contributed by atoms with Crippen LogP contribution in [0.15, 0.2) is 18.2 Å². The van der Waals surface area contributed by atoms with Gasteiger partial charge < -0.3 is 0 Å². The Labute approximate surface area is 93.8 Å². The minimum absolute atomic E-state index is 0.588. The minimum Gasteiger partial charge on any atom is -0.0925 e. The van der Waals surface area contributed by atoms with Crippen LogP contribution in [0.1, 0.15) is 29.5 Å². The van der Waals surface area contributed by atoms with Crippen molar-refractivity contribution in [1.82, 2.24) is 0 Å². The summed E-state index contributed by atoms with van der Waals surface area (Å²) in [5, 5.41) is 1.18. The molecule has 1 spiro atoms. The van der Waals surface area contributed by atoms with E-state index >= 15 is 0 Å². The molecule has 0 saturated heterocycles. The molecule has 0 radical (unpaired) electrons. The topological polar surface area (TPSA) is 0 Å². The second-order valence-corrected chi connectivity index (χ2v) is 5.52. The summed E-state index contributed by atoms with van der Waals surface area (Å²) in [4.78, 5) is 0. The lowest BCUT2D eigenvalue weighted by Gasteiger charge is -2.10. The molecular formula is C13H15Br. The number of hydrogen-bond donors (Lipinski definition) is 0. The van der Waals surface area contributed by atoms with Crippen molar-refractivity contribution in [2.75, 3.05) is 5.33 Å². The molecule has 0 amide bonds. The molecule has 0 heterocycles. The van der Waals surface area contributed by atoms with Gasteiger partial charge in [-0.15, -0.1) is 0 Å². The molecule has 0 N–H and O–H groups in total. The van der Waals surface area contributed by atoms with Crippen LogP contribution < -0.4 is 0 Å². The number of benzene rings is 1. The number of aryl methyl sites for hydroxylation is 2. The van der Waals surface area contributed by atoms with E-state index in [9.17, 15) is 0 Å². The van der Waals surface area contributed by atoms with Gasteiger partial charge in [0.05, 0.1) is 0 Å². The summed E-state index contributed by atoms with van der Waals surface area (Å²) in [6.45, 7) is 2.21. The van der Waals surface area contributed by atoms with E-state index in [4.69, 9.17) is 0 Å². The Balaban J connectivity index is 2.06. The van der Waals surface area contributed by atoms with E-state index in [2.05, 4.69) is 41.1 Å². The van der Waals surface area contributed by atoms with E-state index in [0.29, 0.717) is 5.41 Å². The second-order valence-electron chi connectivity index (χ2n) is 4.87. The Bertz CT molecular complexity index is 383. The smallest absolute Gasteiger partial charge is 0.00685 e. The van der Waals surface area contributed by atoms with E-state index in [-0.39, 0.29) is 0 Å². The zero-order chi connectivity index (χ0) is 9.76. The van der Waals surface area contributed by atoms with E-state index < -0.39 is 0 Å². The van der Waals surface area contributed by atoms with Gasteiger partial charge in [0, 0.05) is 5.33 Å². The van der Waals surface area contributed by atoms with E-state index in [0.717, 1.165) is 5.92 Å². The third-order valence-corrected chi connectivity index (χ3v) is 4.84. The summed E-state index contributed by atoms with van der Waals surface area (Å²) >= 11 is 3.63. The van der Waals surface area contributed by atoms with Gasteiger partial charge in [-0.25, -0.2) is 0 Å². The van der Waals surface area contributed by atoms with Crippen LogP contribution in [-0.4, -0.2) is 5.33 Å². The summed E-state index contributed by atoms with van der Waals surface area (Å²) in [6.07, 6.45) is 4.11. The Kier molecular flexibility index (Phi) is 1.82. The first-order valence-electron chi connectivity index (χ1n) is 5.42. The van der Waals surface area contributed by atoms with E-state index in [1.54, 1.807) is 11.1 Å². The quantitative estimate of drug-likeness (QED) is 0.669. The molecular weight excluding hydrogens is 236 g/mol. The maximum atomic E-state index is 3.63. The fourth-order valence-electron chi connectivity index (χ4n) is 3.08. The monoisotopic (exact) mass is 250 g/mol. The van der Waals surface area contributed by atoms with Gasteiger partial charge in [-0.2, -0.15) is 0 Å². The maximum absolute atomic E-state index is 3.63. The maximum Gasteiger partial charge on any atom is 0.00685 e. The summed E-state index contributed by atoms with van der Waals surface area (Å²) in [5.74, 6) is 0.908. The minimum atomic E-state index is 0.588. The van der Waals surface area contributed by atoms with Crippen molar-refractivity contribution < 1.29 is 0 Å². The summed E-state index contributed by atoms with van der Waals surface area (Å²) in [5.41, 5.74) is 5.29. The van der Waals surface area contributed by atoms with Crippen LogP contribution in [0.25, 0.3) is 0 Å². The third kappa shape index (κ3) is 1.05. The van der Waals surface area contributed by atoms with Crippen LogP contribution in [0.3, 0.4) is 0 Å². The Morgan fingerprint density at radius 1 is 1.50 bits per heavy atom. The predicted molar refractivity (Wildman–Crippen MR) is 63.1 cm³/mol. The lowest BCUT2D eigenvalue weighted by atomic mass is 9.94. The molecule has 2 aliphatic rings. The lowest BCUT2D eigenvalue weighted by Crippen LogP contribution is -2.05. The molecule has 2 atom stereocenters. The van der Waals surface area contributed by atoms with Gasteiger partial charge in [0.2, 0.25) is 0 Å². The van der Waals surface area contributed by atoms with Crippen LogP contribution in [0.4, 0.5) is 0 Å². The van der Waals surface area contributed by atoms with E-state index in [1.165, 1.54) is 30.2 Å². The van der Waals surface area contributed by atoms with Crippen molar-refractivity contribution in [3.63, 3.8) is 0 Å². The van der Waals surface area contributed by atoms with Crippen molar-refractivity contribution in [2.45, 2.75) is 31.6 Å². The standard InChI is InChI=1S/C13H15Br/c1-9-2-3-10-4-5-13(12(10)6-9)7-11(13)8-14/h2-3,6,11H,4-5,7-8H2,1H3.